The van der Waals surface area contributed by atoms with Gasteiger partial charge in [0.25, 0.3) is 0 Å². The first-order valence-corrected chi connectivity index (χ1v) is 3.59. The maximum Gasteiger partial charge on any atom is 0.0615 e. The molecule has 58 valence electrons. The second kappa shape index (κ2) is 4.11. The molecular formula is C8H8ClNO. The Morgan fingerprint density at radius 1 is 1.64 bits per heavy atom. The zero-order valence-electron chi connectivity index (χ0n) is 5.87. The fourth-order valence-electron chi connectivity index (χ4n) is 0.692. The Balaban J connectivity index is 2.86. The van der Waals surface area contributed by atoms with Crippen LogP contribution in [-0.4, -0.2) is 16.7 Å². The highest BCUT2D eigenvalue weighted by atomic mass is 35.5. The minimum absolute atomic E-state index is 0.0191. The molecule has 0 aromatic carbocycles. The van der Waals surface area contributed by atoms with E-state index in [1.807, 2.05) is 0 Å². The molecule has 0 aliphatic heterocycles. The molecule has 0 fully saturated rings. The molecule has 0 saturated carbocycles. The molecule has 1 aromatic rings. The average Bonchev–Trinajstić information content (AvgIpc) is 2.03. The fraction of sp³-hybridized carbons (Fsp3) is 0.125. The summed E-state index contributed by atoms with van der Waals surface area (Å²) in [7, 11) is 0. The summed E-state index contributed by atoms with van der Waals surface area (Å²) in [6.07, 6.45) is 6.62. The molecule has 1 rings (SSSR count). The Bertz CT molecular complexity index is 260. The van der Waals surface area contributed by atoms with Crippen molar-refractivity contribution in [2.45, 2.75) is 0 Å². The Morgan fingerprint density at radius 3 is 3.09 bits per heavy atom. The molecule has 0 aliphatic carbocycles. The van der Waals surface area contributed by atoms with Gasteiger partial charge in [-0.3, -0.25) is 4.98 Å². The van der Waals surface area contributed by atoms with Crippen molar-refractivity contribution in [1.29, 1.82) is 0 Å². The predicted molar refractivity (Wildman–Crippen MR) is 45.4 cm³/mol. The molecule has 0 saturated heterocycles. The average molecular weight is 170 g/mol. The summed E-state index contributed by atoms with van der Waals surface area (Å²) < 4.78 is 0. The number of aromatic nitrogens is 1. The van der Waals surface area contributed by atoms with E-state index in [-0.39, 0.29) is 6.61 Å². The van der Waals surface area contributed by atoms with Gasteiger partial charge in [0.05, 0.1) is 11.6 Å². The molecule has 0 spiro atoms. The molecule has 1 N–H and O–H groups in total. The molecular weight excluding hydrogens is 162 g/mol. The van der Waals surface area contributed by atoms with Crippen LogP contribution in [0.2, 0.25) is 5.02 Å². The van der Waals surface area contributed by atoms with Crippen molar-refractivity contribution in [2.75, 3.05) is 6.61 Å². The van der Waals surface area contributed by atoms with Gasteiger partial charge >= 0.3 is 0 Å². The maximum atomic E-state index is 8.47. The van der Waals surface area contributed by atoms with Crippen LogP contribution >= 0.6 is 11.6 Å². The van der Waals surface area contributed by atoms with Gasteiger partial charge in [-0.05, 0) is 6.07 Å². The number of rotatable bonds is 2. The molecule has 3 heteroatoms. The van der Waals surface area contributed by atoms with Crippen LogP contribution in [0.4, 0.5) is 0 Å². The summed E-state index contributed by atoms with van der Waals surface area (Å²) in [5.74, 6) is 0. The van der Waals surface area contributed by atoms with Crippen molar-refractivity contribution in [3.05, 3.63) is 35.1 Å². The van der Waals surface area contributed by atoms with Crippen molar-refractivity contribution in [3.63, 3.8) is 0 Å². The molecule has 0 atom stereocenters. The number of halogens is 1. The lowest BCUT2D eigenvalue weighted by atomic mass is 10.2. The van der Waals surface area contributed by atoms with Crippen molar-refractivity contribution in [3.8, 4) is 0 Å². The van der Waals surface area contributed by atoms with Crippen LogP contribution in [0.25, 0.3) is 6.08 Å². The van der Waals surface area contributed by atoms with Gasteiger partial charge in [0.15, 0.2) is 0 Å². The molecule has 0 bridgehead atoms. The van der Waals surface area contributed by atoms with E-state index in [9.17, 15) is 0 Å². The third kappa shape index (κ3) is 2.33. The summed E-state index contributed by atoms with van der Waals surface area (Å²) >= 11 is 5.79. The van der Waals surface area contributed by atoms with Gasteiger partial charge in [0.1, 0.15) is 0 Å². The highest BCUT2D eigenvalue weighted by Crippen LogP contribution is 2.14. The van der Waals surface area contributed by atoms with Gasteiger partial charge in [-0.1, -0.05) is 23.8 Å². The zero-order valence-corrected chi connectivity index (χ0v) is 6.62. The van der Waals surface area contributed by atoms with Crippen LogP contribution in [0.1, 0.15) is 5.56 Å². The number of aliphatic hydroxyl groups excluding tert-OH is 1. The number of hydrogen-bond acceptors (Lipinski definition) is 2. The minimum atomic E-state index is 0.0191. The van der Waals surface area contributed by atoms with Crippen molar-refractivity contribution < 1.29 is 5.11 Å². The van der Waals surface area contributed by atoms with Crippen molar-refractivity contribution in [1.82, 2.24) is 4.98 Å². The molecule has 1 aromatic heterocycles. The normalized spacial score (nSPS) is 10.7. The molecule has 1 heterocycles. The quantitative estimate of drug-likeness (QED) is 0.732. The number of pyridine rings is 1. The zero-order chi connectivity index (χ0) is 8.10. The van der Waals surface area contributed by atoms with Gasteiger partial charge in [-0.15, -0.1) is 0 Å². The molecule has 0 radical (unpaired) electrons. The summed E-state index contributed by atoms with van der Waals surface area (Å²) in [5, 5.41) is 9.11. The predicted octanol–water partition coefficient (Wildman–Crippen LogP) is 1.74. The second-order valence-corrected chi connectivity index (χ2v) is 2.39. The second-order valence-electron chi connectivity index (χ2n) is 1.98. The van der Waals surface area contributed by atoms with E-state index in [0.717, 1.165) is 5.56 Å². The topological polar surface area (TPSA) is 33.1 Å². The Labute approximate surface area is 70.2 Å². The summed E-state index contributed by atoms with van der Waals surface area (Å²) in [5.41, 5.74) is 0.822. The van der Waals surface area contributed by atoms with E-state index in [1.54, 1.807) is 30.6 Å². The third-order valence-corrected chi connectivity index (χ3v) is 1.54. The summed E-state index contributed by atoms with van der Waals surface area (Å²) in [6, 6.07) is 1.71. The van der Waals surface area contributed by atoms with Gasteiger partial charge < -0.3 is 5.11 Å². The van der Waals surface area contributed by atoms with Crippen LogP contribution in [0.3, 0.4) is 0 Å². The smallest absolute Gasteiger partial charge is 0.0615 e. The summed E-state index contributed by atoms with van der Waals surface area (Å²) in [6.45, 7) is 0.0191. The lowest BCUT2D eigenvalue weighted by Crippen LogP contribution is -1.78. The Morgan fingerprint density at radius 2 is 2.45 bits per heavy atom. The first kappa shape index (κ1) is 8.24. The van der Waals surface area contributed by atoms with E-state index in [0.29, 0.717) is 5.02 Å². The van der Waals surface area contributed by atoms with Crippen LogP contribution in [0.5, 0.6) is 0 Å². The van der Waals surface area contributed by atoms with Crippen LogP contribution < -0.4 is 0 Å². The number of nitrogens with zero attached hydrogens (tertiary/aromatic N) is 1. The monoisotopic (exact) mass is 169 g/mol. The molecule has 2 nitrogen and oxygen atoms in total. The first-order chi connectivity index (χ1) is 5.34. The van der Waals surface area contributed by atoms with Gasteiger partial charge in [-0.25, -0.2) is 0 Å². The third-order valence-electron chi connectivity index (χ3n) is 1.20. The highest BCUT2D eigenvalue weighted by molar-refractivity contribution is 6.31. The van der Waals surface area contributed by atoms with Crippen molar-refractivity contribution in [2.24, 2.45) is 0 Å². The van der Waals surface area contributed by atoms with Gasteiger partial charge in [0, 0.05) is 18.0 Å². The molecule has 0 aliphatic rings. The lowest BCUT2D eigenvalue weighted by Gasteiger charge is -1.93. The van der Waals surface area contributed by atoms with Crippen molar-refractivity contribution >= 4 is 17.7 Å². The van der Waals surface area contributed by atoms with E-state index in [2.05, 4.69) is 4.98 Å². The number of aliphatic hydroxyl groups is 1. The standard InChI is InChI=1S/C8H8ClNO/c9-8-3-4-10-6-7(8)2-1-5-11/h1-4,6,11H,5H2. The fourth-order valence-corrected chi connectivity index (χ4v) is 0.860. The van der Waals surface area contributed by atoms with E-state index < -0.39 is 0 Å². The largest absolute Gasteiger partial charge is 0.392 e. The van der Waals surface area contributed by atoms with E-state index >= 15 is 0 Å². The van der Waals surface area contributed by atoms with E-state index in [1.165, 1.54) is 0 Å². The Hall–Kier alpha value is -0.860. The van der Waals surface area contributed by atoms with E-state index in [4.69, 9.17) is 16.7 Å². The van der Waals surface area contributed by atoms with Crippen LogP contribution in [0.15, 0.2) is 24.5 Å². The first-order valence-electron chi connectivity index (χ1n) is 3.21. The SMILES string of the molecule is OCC=Cc1cnccc1Cl. The molecule has 11 heavy (non-hydrogen) atoms. The Kier molecular flexibility index (Phi) is 3.08. The van der Waals surface area contributed by atoms with Gasteiger partial charge in [-0.2, -0.15) is 0 Å². The minimum Gasteiger partial charge on any atom is -0.392 e. The molecule has 0 amide bonds. The molecule has 0 unspecified atom stereocenters. The lowest BCUT2D eigenvalue weighted by molar-refractivity contribution is 0.343. The van der Waals surface area contributed by atoms with Gasteiger partial charge in [0.2, 0.25) is 0 Å². The van der Waals surface area contributed by atoms with Crippen LogP contribution in [-0.2, 0) is 0 Å². The number of hydrogen-bond donors (Lipinski definition) is 1. The van der Waals surface area contributed by atoms with Crippen LogP contribution in [0, 0.1) is 0 Å². The highest BCUT2D eigenvalue weighted by Gasteiger charge is 1.92. The maximum absolute atomic E-state index is 8.47. The summed E-state index contributed by atoms with van der Waals surface area (Å²) in [4.78, 5) is 3.88.